The molecule has 7 nitrogen and oxygen atoms in total. The highest BCUT2D eigenvalue weighted by Crippen LogP contribution is 2.26. The summed E-state index contributed by atoms with van der Waals surface area (Å²) in [6.45, 7) is 3.70. The zero-order valence-electron chi connectivity index (χ0n) is 13.1. The second kappa shape index (κ2) is 8.04. The Morgan fingerprint density at radius 3 is 2.50 bits per heavy atom. The van der Waals surface area contributed by atoms with E-state index >= 15 is 0 Å². The first-order valence-electron chi connectivity index (χ1n) is 7.06. The molecule has 2 N–H and O–H groups in total. The molecule has 0 saturated heterocycles. The standard InChI is InChI=1S/C14H17N3O4S3/c1-9(23-14-15-7-8-22-14)13(19)16-11-3-5-12(6-4-11)24(20,21)17-10(2)18/h3-6,9H,7-8H2,1-2H3,(H,16,19)(H,17,18). The van der Waals surface area contributed by atoms with Crippen LogP contribution in [0.4, 0.5) is 5.69 Å². The maximum absolute atomic E-state index is 12.2. The van der Waals surface area contributed by atoms with Crippen molar-refractivity contribution in [1.29, 1.82) is 0 Å². The number of rotatable bonds is 5. The Kier molecular flexibility index (Phi) is 6.30. The van der Waals surface area contributed by atoms with E-state index < -0.39 is 15.9 Å². The van der Waals surface area contributed by atoms with Crippen LogP contribution in [0.25, 0.3) is 0 Å². The smallest absolute Gasteiger partial charge is 0.264 e. The van der Waals surface area contributed by atoms with E-state index in [2.05, 4.69) is 10.3 Å². The summed E-state index contributed by atoms with van der Waals surface area (Å²) in [5.74, 6) is 0.0968. The lowest BCUT2D eigenvalue weighted by molar-refractivity contribution is -0.117. The molecule has 1 atom stereocenters. The van der Waals surface area contributed by atoms with Crippen molar-refractivity contribution in [3.8, 4) is 0 Å². The summed E-state index contributed by atoms with van der Waals surface area (Å²) in [6.07, 6.45) is 0. The normalized spacial score (nSPS) is 15.5. The number of hydrogen-bond donors (Lipinski definition) is 2. The third kappa shape index (κ3) is 5.25. The molecule has 1 aromatic rings. The molecule has 0 fully saturated rings. The molecule has 1 unspecified atom stereocenters. The third-order valence-electron chi connectivity index (χ3n) is 2.91. The van der Waals surface area contributed by atoms with E-state index in [1.807, 2.05) is 4.72 Å². The molecule has 1 aliphatic heterocycles. The van der Waals surface area contributed by atoms with Crippen molar-refractivity contribution in [1.82, 2.24) is 4.72 Å². The molecule has 0 spiro atoms. The number of hydrogen-bond acceptors (Lipinski definition) is 7. The number of carbonyl (C=O) groups is 2. The van der Waals surface area contributed by atoms with Crippen LogP contribution in [0.2, 0.25) is 0 Å². The van der Waals surface area contributed by atoms with E-state index in [9.17, 15) is 18.0 Å². The fraction of sp³-hybridized carbons (Fsp3) is 0.357. The molecule has 130 valence electrons. The molecule has 2 amide bonds. The van der Waals surface area contributed by atoms with E-state index in [4.69, 9.17) is 0 Å². The molecule has 24 heavy (non-hydrogen) atoms. The van der Waals surface area contributed by atoms with E-state index in [1.165, 1.54) is 36.0 Å². The fourth-order valence-corrected chi connectivity index (χ4v) is 4.92. The average molecular weight is 388 g/mol. The van der Waals surface area contributed by atoms with E-state index in [1.54, 1.807) is 18.7 Å². The van der Waals surface area contributed by atoms with Crippen molar-refractivity contribution in [2.24, 2.45) is 4.99 Å². The van der Waals surface area contributed by atoms with E-state index in [0.29, 0.717) is 5.69 Å². The molecule has 10 heteroatoms. The Hall–Kier alpha value is -1.52. The van der Waals surface area contributed by atoms with Crippen molar-refractivity contribution in [2.45, 2.75) is 24.0 Å². The summed E-state index contributed by atoms with van der Waals surface area (Å²) in [7, 11) is -3.87. The lowest BCUT2D eigenvalue weighted by Crippen LogP contribution is -2.28. The quantitative estimate of drug-likeness (QED) is 0.796. The van der Waals surface area contributed by atoms with Gasteiger partial charge in [-0.05, 0) is 31.2 Å². The van der Waals surface area contributed by atoms with Gasteiger partial charge in [-0.1, -0.05) is 23.5 Å². The number of sulfonamides is 1. The number of amides is 2. The van der Waals surface area contributed by atoms with Crippen LogP contribution in [0.15, 0.2) is 34.2 Å². The van der Waals surface area contributed by atoms with Gasteiger partial charge < -0.3 is 5.32 Å². The topological polar surface area (TPSA) is 105 Å². The molecule has 1 aromatic carbocycles. The number of nitrogens with one attached hydrogen (secondary N) is 2. The summed E-state index contributed by atoms with van der Waals surface area (Å²) in [4.78, 5) is 27.3. The fourth-order valence-electron chi connectivity index (χ4n) is 1.80. The zero-order valence-corrected chi connectivity index (χ0v) is 15.6. The van der Waals surface area contributed by atoms with Gasteiger partial charge >= 0.3 is 0 Å². The summed E-state index contributed by atoms with van der Waals surface area (Å²) < 4.78 is 26.5. The van der Waals surface area contributed by atoms with Crippen LogP contribution in [-0.4, -0.2) is 42.2 Å². The number of nitrogens with zero attached hydrogens (tertiary/aromatic N) is 1. The van der Waals surface area contributed by atoms with Gasteiger partial charge in [0.15, 0.2) is 0 Å². The lowest BCUT2D eigenvalue weighted by atomic mass is 10.3. The van der Waals surface area contributed by atoms with Gasteiger partial charge in [0.25, 0.3) is 10.0 Å². The Morgan fingerprint density at radius 1 is 1.29 bits per heavy atom. The summed E-state index contributed by atoms with van der Waals surface area (Å²) >= 11 is 3.04. The molecular formula is C14H17N3O4S3. The van der Waals surface area contributed by atoms with Crippen molar-refractivity contribution in [2.75, 3.05) is 17.6 Å². The summed E-state index contributed by atoms with van der Waals surface area (Å²) in [5, 5.41) is 2.42. The summed E-state index contributed by atoms with van der Waals surface area (Å²) in [6, 6.07) is 5.61. The number of benzene rings is 1. The predicted octanol–water partition coefficient (Wildman–Crippen LogP) is 1.67. The van der Waals surface area contributed by atoms with Crippen LogP contribution in [0.1, 0.15) is 13.8 Å². The van der Waals surface area contributed by atoms with Gasteiger partial charge in [0.2, 0.25) is 11.8 Å². The lowest BCUT2D eigenvalue weighted by Gasteiger charge is -2.12. The minimum absolute atomic E-state index is 0.0465. The third-order valence-corrected chi connectivity index (χ3v) is 6.67. The highest BCUT2D eigenvalue weighted by Gasteiger charge is 2.19. The van der Waals surface area contributed by atoms with Crippen LogP contribution in [-0.2, 0) is 19.6 Å². The van der Waals surface area contributed by atoms with Gasteiger partial charge in [0, 0.05) is 18.4 Å². The van der Waals surface area contributed by atoms with Crippen LogP contribution in [0, 0.1) is 0 Å². The molecule has 1 heterocycles. The molecular weight excluding hydrogens is 370 g/mol. The first-order valence-corrected chi connectivity index (χ1v) is 10.4. The van der Waals surface area contributed by atoms with Gasteiger partial charge in [-0.15, -0.1) is 0 Å². The maximum Gasteiger partial charge on any atom is 0.264 e. The SMILES string of the molecule is CC(=O)NS(=O)(=O)c1ccc(NC(=O)C(C)SC2=NCCS2)cc1. The van der Waals surface area contributed by atoms with Crippen molar-refractivity contribution in [3.05, 3.63) is 24.3 Å². The second-order valence-electron chi connectivity index (χ2n) is 4.93. The zero-order chi connectivity index (χ0) is 17.7. The van der Waals surface area contributed by atoms with Crippen molar-refractivity contribution < 1.29 is 18.0 Å². The minimum Gasteiger partial charge on any atom is -0.325 e. The Balaban J connectivity index is 1.98. The number of aliphatic imine (C=N–C) groups is 1. The van der Waals surface area contributed by atoms with E-state index in [-0.39, 0.29) is 16.1 Å². The summed E-state index contributed by atoms with van der Waals surface area (Å²) in [5.41, 5.74) is 0.482. The molecule has 2 rings (SSSR count). The maximum atomic E-state index is 12.2. The molecule has 1 aliphatic rings. The van der Waals surface area contributed by atoms with Crippen LogP contribution >= 0.6 is 23.5 Å². The first kappa shape index (κ1) is 18.8. The van der Waals surface area contributed by atoms with Gasteiger partial charge in [-0.3, -0.25) is 14.6 Å². The van der Waals surface area contributed by atoms with Gasteiger partial charge in [-0.2, -0.15) is 0 Å². The Morgan fingerprint density at radius 2 is 1.96 bits per heavy atom. The number of carbonyl (C=O) groups excluding carboxylic acids is 2. The van der Waals surface area contributed by atoms with Crippen LogP contribution < -0.4 is 10.0 Å². The Bertz CT molecular complexity index is 760. The largest absolute Gasteiger partial charge is 0.325 e. The van der Waals surface area contributed by atoms with Gasteiger partial charge in [-0.25, -0.2) is 13.1 Å². The molecule has 0 aliphatic carbocycles. The monoisotopic (exact) mass is 387 g/mol. The molecule has 0 aromatic heterocycles. The molecule has 0 radical (unpaired) electrons. The minimum atomic E-state index is -3.87. The Labute approximate surface area is 149 Å². The second-order valence-corrected chi connectivity index (χ2v) is 9.29. The van der Waals surface area contributed by atoms with Gasteiger partial charge in [0.05, 0.1) is 16.7 Å². The predicted molar refractivity (Wildman–Crippen MR) is 97.9 cm³/mol. The average Bonchev–Trinajstić information content (AvgIpc) is 2.99. The van der Waals surface area contributed by atoms with Crippen LogP contribution in [0.5, 0.6) is 0 Å². The van der Waals surface area contributed by atoms with Crippen molar-refractivity contribution in [3.63, 3.8) is 0 Å². The first-order chi connectivity index (χ1) is 11.3. The molecule has 0 saturated carbocycles. The van der Waals surface area contributed by atoms with Gasteiger partial charge in [0.1, 0.15) is 4.38 Å². The van der Waals surface area contributed by atoms with Crippen LogP contribution in [0.3, 0.4) is 0 Å². The van der Waals surface area contributed by atoms with Crippen molar-refractivity contribution >= 4 is 55.4 Å². The number of thioether (sulfide) groups is 2. The highest BCUT2D eigenvalue weighted by atomic mass is 32.2. The highest BCUT2D eigenvalue weighted by molar-refractivity contribution is 8.39. The van der Waals surface area contributed by atoms with E-state index in [0.717, 1.165) is 23.6 Å². The number of anilines is 1. The molecule has 0 bridgehead atoms.